The predicted octanol–water partition coefficient (Wildman–Crippen LogP) is 2.17. The van der Waals surface area contributed by atoms with Crippen molar-refractivity contribution in [2.75, 3.05) is 11.9 Å². The van der Waals surface area contributed by atoms with Crippen LogP contribution in [0.15, 0.2) is 18.3 Å². The van der Waals surface area contributed by atoms with Crippen molar-refractivity contribution < 1.29 is 0 Å². The summed E-state index contributed by atoms with van der Waals surface area (Å²) in [5.41, 5.74) is 1.47. The van der Waals surface area contributed by atoms with Crippen LogP contribution in [0.2, 0.25) is 0 Å². The number of nitriles is 1. The van der Waals surface area contributed by atoms with Crippen LogP contribution in [0.5, 0.6) is 0 Å². The fraction of sp³-hybridized carbons (Fsp3) is 0.455. The van der Waals surface area contributed by atoms with Gasteiger partial charge in [0, 0.05) is 18.4 Å². The molecule has 0 unspecified atom stereocenters. The van der Waals surface area contributed by atoms with Crippen molar-refractivity contribution in [1.29, 1.82) is 5.26 Å². The number of aromatic nitrogens is 1. The van der Waals surface area contributed by atoms with Crippen LogP contribution in [0, 0.1) is 17.2 Å². The van der Waals surface area contributed by atoms with Gasteiger partial charge < -0.3 is 5.32 Å². The van der Waals surface area contributed by atoms with Crippen LogP contribution in [-0.4, -0.2) is 11.5 Å². The van der Waals surface area contributed by atoms with Gasteiger partial charge in [-0.25, -0.2) is 4.98 Å². The van der Waals surface area contributed by atoms with E-state index in [9.17, 15) is 0 Å². The summed E-state index contributed by atoms with van der Waals surface area (Å²) in [6.07, 6.45) is 5.69. The number of hydrogen-bond donors (Lipinski definition) is 1. The van der Waals surface area contributed by atoms with Gasteiger partial charge in [0.15, 0.2) is 0 Å². The Balaban J connectivity index is 1.85. The quantitative estimate of drug-likeness (QED) is 0.785. The van der Waals surface area contributed by atoms with Crippen LogP contribution in [0.1, 0.15) is 25.0 Å². The molecule has 0 atom stereocenters. The maximum absolute atomic E-state index is 8.65. The van der Waals surface area contributed by atoms with Gasteiger partial charge in [-0.15, -0.1) is 0 Å². The van der Waals surface area contributed by atoms with Gasteiger partial charge in [0.05, 0.1) is 0 Å². The Labute approximate surface area is 83.8 Å². The van der Waals surface area contributed by atoms with Crippen LogP contribution >= 0.6 is 0 Å². The van der Waals surface area contributed by atoms with E-state index in [1.54, 1.807) is 12.3 Å². The van der Waals surface area contributed by atoms with Crippen LogP contribution < -0.4 is 5.32 Å². The molecule has 1 saturated carbocycles. The van der Waals surface area contributed by atoms with Gasteiger partial charge in [-0.05, 0) is 24.5 Å². The highest BCUT2D eigenvalue weighted by Gasteiger charge is 2.19. The van der Waals surface area contributed by atoms with Crippen molar-refractivity contribution in [3.05, 3.63) is 24.0 Å². The van der Waals surface area contributed by atoms with Gasteiger partial charge in [0.25, 0.3) is 0 Å². The molecule has 3 heteroatoms. The Morgan fingerprint density at radius 2 is 2.43 bits per heavy atom. The second-order valence-electron chi connectivity index (χ2n) is 3.70. The van der Waals surface area contributed by atoms with Gasteiger partial charge in [0.2, 0.25) is 0 Å². The summed E-state index contributed by atoms with van der Waals surface area (Å²) in [5.74, 6) is 0.944. The Kier molecular flexibility index (Phi) is 2.64. The first-order valence-electron chi connectivity index (χ1n) is 4.98. The summed E-state index contributed by atoms with van der Waals surface area (Å²) in [6.45, 7) is 1.000. The molecule has 1 aliphatic rings. The standard InChI is InChI=1S/C11H13N3/c12-8-11-7-10(4-6-14-11)13-5-3-9-1-2-9/h4,6-7,9H,1-3,5H2,(H,13,14). The molecule has 0 bridgehead atoms. The van der Waals surface area contributed by atoms with Gasteiger partial charge in [-0.3, -0.25) is 0 Å². The Morgan fingerprint density at radius 1 is 1.57 bits per heavy atom. The average molecular weight is 187 g/mol. The molecular weight excluding hydrogens is 174 g/mol. The summed E-state index contributed by atoms with van der Waals surface area (Å²) in [5, 5.41) is 11.9. The summed E-state index contributed by atoms with van der Waals surface area (Å²) in [6, 6.07) is 5.71. The second-order valence-corrected chi connectivity index (χ2v) is 3.70. The molecule has 2 rings (SSSR count). The smallest absolute Gasteiger partial charge is 0.142 e. The minimum atomic E-state index is 0.474. The minimum absolute atomic E-state index is 0.474. The minimum Gasteiger partial charge on any atom is -0.385 e. The summed E-state index contributed by atoms with van der Waals surface area (Å²) >= 11 is 0. The molecule has 0 radical (unpaired) electrons. The maximum atomic E-state index is 8.65. The number of hydrogen-bond acceptors (Lipinski definition) is 3. The zero-order valence-electron chi connectivity index (χ0n) is 8.03. The first kappa shape index (κ1) is 9.01. The number of nitrogens with one attached hydrogen (secondary N) is 1. The number of rotatable bonds is 4. The molecule has 0 spiro atoms. The van der Waals surface area contributed by atoms with Crippen molar-refractivity contribution >= 4 is 5.69 Å². The summed E-state index contributed by atoms with van der Waals surface area (Å²) in [4.78, 5) is 3.91. The highest BCUT2D eigenvalue weighted by molar-refractivity contribution is 5.45. The van der Waals surface area contributed by atoms with Gasteiger partial charge >= 0.3 is 0 Å². The molecule has 0 saturated heterocycles. The molecule has 72 valence electrons. The van der Waals surface area contributed by atoms with Crippen LogP contribution in [0.4, 0.5) is 5.69 Å². The van der Waals surface area contributed by atoms with Crippen molar-refractivity contribution in [2.24, 2.45) is 5.92 Å². The molecule has 1 fully saturated rings. The monoisotopic (exact) mass is 187 g/mol. The molecule has 1 N–H and O–H groups in total. The number of pyridine rings is 1. The molecule has 1 aromatic heterocycles. The lowest BCUT2D eigenvalue weighted by Crippen LogP contribution is -2.02. The highest BCUT2D eigenvalue weighted by atomic mass is 14.9. The lowest BCUT2D eigenvalue weighted by atomic mass is 10.3. The lowest BCUT2D eigenvalue weighted by molar-refractivity contribution is 0.760. The SMILES string of the molecule is N#Cc1cc(NCCC2CC2)ccn1. The van der Waals surface area contributed by atoms with Crippen molar-refractivity contribution in [3.8, 4) is 6.07 Å². The van der Waals surface area contributed by atoms with E-state index in [2.05, 4.69) is 10.3 Å². The summed E-state index contributed by atoms with van der Waals surface area (Å²) < 4.78 is 0. The zero-order chi connectivity index (χ0) is 9.80. The van der Waals surface area contributed by atoms with Crippen LogP contribution in [0.3, 0.4) is 0 Å². The average Bonchev–Trinajstić information content (AvgIpc) is 3.02. The molecule has 3 nitrogen and oxygen atoms in total. The maximum Gasteiger partial charge on any atom is 0.142 e. The van der Waals surface area contributed by atoms with Gasteiger partial charge in [-0.1, -0.05) is 12.8 Å². The number of anilines is 1. The van der Waals surface area contributed by atoms with Crippen LogP contribution in [0.25, 0.3) is 0 Å². The third-order valence-electron chi connectivity index (χ3n) is 2.45. The predicted molar refractivity (Wildman–Crippen MR) is 54.8 cm³/mol. The molecular formula is C11H13N3. The normalized spacial score (nSPS) is 14.8. The van der Waals surface area contributed by atoms with Gasteiger partial charge in [-0.2, -0.15) is 5.26 Å². The van der Waals surface area contributed by atoms with E-state index in [1.807, 2.05) is 12.1 Å². The molecule has 1 heterocycles. The van der Waals surface area contributed by atoms with E-state index in [1.165, 1.54) is 19.3 Å². The molecule has 1 aromatic rings. The molecule has 0 aliphatic heterocycles. The van der Waals surface area contributed by atoms with Crippen LogP contribution in [-0.2, 0) is 0 Å². The molecule has 1 aliphatic carbocycles. The third-order valence-corrected chi connectivity index (χ3v) is 2.45. The largest absolute Gasteiger partial charge is 0.385 e. The van der Waals surface area contributed by atoms with E-state index in [0.717, 1.165) is 18.2 Å². The third kappa shape index (κ3) is 2.46. The lowest BCUT2D eigenvalue weighted by Gasteiger charge is -2.04. The Bertz CT molecular complexity index is 350. The zero-order valence-corrected chi connectivity index (χ0v) is 8.03. The topological polar surface area (TPSA) is 48.7 Å². The first-order valence-corrected chi connectivity index (χ1v) is 4.98. The summed E-state index contributed by atoms with van der Waals surface area (Å²) in [7, 11) is 0. The van der Waals surface area contributed by atoms with E-state index in [-0.39, 0.29) is 0 Å². The van der Waals surface area contributed by atoms with E-state index in [0.29, 0.717) is 5.69 Å². The van der Waals surface area contributed by atoms with Crippen molar-refractivity contribution in [1.82, 2.24) is 4.98 Å². The highest BCUT2D eigenvalue weighted by Crippen LogP contribution is 2.32. The Hall–Kier alpha value is -1.56. The van der Waals surface area contributed by atoms with E-state index >= 15 is 0 Å². The first-order chi connectivity index (χ1) is 6.88. The van der Waals surface area contributed by atoms with Crippen molar-refractivity contribution in [2.45, 2.75) is 19.3 Å². The molecule has 0 amide bonds. The number of nitrogens with zero attached hydrogens (tertiary/aromatic N) is 2. The van der Waals surface area contributed by atoms with Crippen molar-refractivity contribution in [3.63, 3.8) is 0 Å². The second kappa shape index (κ2) is 4.10. The fourth-order valence-corrected chi connectivity index (χ4v) is 1.43. The van der Waals surface area contributed by atoms with Gasteiger partial charge in [0.1, 0.15) is 11.8 Å². The fourth-order valence-electron chi connectivity index (χ4n) is 1.43. The van der Waals surface area contributed by atoms with E-state index < -0.39 is 0 Å². The Morgan fingerprint density at radius 3 is 3.14 bits per heavy atom. The molecule has 0 aromatic carbocycles. The van der Waals surface area contributed by atoms with E-state index in [4.69, 9.17) is 5.26 Å². The molecule has 14 heavy (non-hydrogen) atoms.